The number of pyridine rings is 1. The number of ether oxygens (including phenoxy) is 2. The number of nitrogens with zero attached hydrogens (tertiary/aromatic N) is 3. The molecule has 1 aliphatic heterocycles. The van der Waals surface area contributed by atoms with Gasteiger partial charge in [0.25, 0.3) is 0 Å². The Morgan fingerprint density at radius 1 is 1.02 bits per heavy atom. The first-order chi connectivity index (χ1) is 24.3. The number of phenols is 1. The third kappa shape index (κ3) is 9.22. The molecule has 2 heterocycles. The summed E-state index contributed by atoms with van der Waals surface area (Å²) < 4.78 is 10.6. The van der Waals surface area contributed by atoms with E-state index in [4.69, 9.17) is 9.47 Å². The predicted octanol–water partition coefficient (Wildman–Crippen LogP) is 6.85. The molecule has 11 nitrogen and oxygen atoms in total. The largest absolute Gasteiger partial charge is 0.507 e. The van der Waals surface area contributed by atoms with Crippen LogP contribution in [0.15, 0.2) is 79.0 Å². The topological polar surface area (TPSA) is 138 Å². The first-order valence-electron chi connectivity index (χ1n) is 17.3. The van der Waals surface area contributed by atoms with Gasteiger partial charge in [0, 0.05) is 31.1 Å². The van der Waals surface area contributed by atoms with Gasteiger partial charge in [0.2, 0.25) is 11.8 Å². The van der Waals surface area contributed by atoms with E-state index < -0.39 is 29.7 Å². The SMILES string of the molecule is COC(=O)C[C@H](NC(=O)[C@H]1CCCN1C(=O)CCCN(C(=O)OC(C)(C)C)c1cc(C)ccn1)c1ccc(-c2ccc(O)c3ccccc23)cc1. The molecule has 1 aliphatic rings. The fraction of sp³-hybridized carbons (Fsp3) is 0.375. The maximum absolute atomic E-state index is 13.7. The summed E-state index contributed by atoms with van der Waals surface area (Å²) in [6.45, 7) is 7.92. The summed E-state index contributed by atoms with van der Waals surface area (Å²) in [5, 5.41) is 15.0. The molecular formula is C40H46N4O7. The molecule has 4 aromatic rings. The maximum Gasteiger partial charge on any atom is 0.416 e. The molecule has 0 saturated carbocycles. The number of hydrogen-bond acceptors (Lipinski definition) is 8. The lowest BCUT2D eigenvalue weighted by Gasteiger charge is -2.28. The van der Waals surface area contributed by atoms with E-state index in [2.05, 4.69) is 10.3 Å². The van der Waals surface area contributed by atoms with Crippen molar-refractivity contribution < 1.29 is 33.8 Å². The van der Waals surface area contributed by atoms with Gasteiger partial charge in [0.05, 0.1) is 19.6 Å². The van der Waals surface area contributed by atoms with Crippen molar-refractivity contribution in [2.45, 2.75) is 77.5 Å². The average Bonchev–Trinajstić information content (AvgIpc) is 3.60. The van der Waals surface area contributed by atoms with Gasteiger partial charge in [-0.15, -0.1) is 0 Å². The standard InChI is InChI=1S/C40H46N4O7/c1-26-20-21-41-35(24-26)44(39(49)51-40(2,3)4)23-9-13-36(46)43-22-8-12-33(43)38(48)42-32(25-37(47)50-5)28-16-14-27(15-17-28)29-18-19-34(45)31-11-7-6-10-30(29)31/h6-7,10-11,14-21,24,32-33,45H,8-9,12-13,22-23,25H2,1-5H3,(H,42,48)/t32-,33+/m0/s1. The van der Waals surface area contributed by atoms with E-state index >= 15 is 0 Å². The Morgan fingerprint density at radius 3 is 2.43 bits per heavy atom. The number of esters is 1. The summed E-state index contributed by atoms with van der Waals surface area (Å²) in [7, 11) is 1.30. The summed E-state index contributed by atoms with van der Waals surface area (Å²) in [6, 6.07) is 20.9. The van der Waals surface area contributed by atoms with Gasteiger partial charge < -0.3 is 24.8 Å². The van der Waals surface area contributed by atoms with Gasteiger partial charge in [-0.1, -0.05) is 54.6 Å². The van der Waals surface area contributed by atoms with E-state index in [1.54, 1.807) is 44.0 Å². The van der Waals surface area contributed by atoms with Gasteiger partial charge in [-0.3, -0.25) is 19.3 Å². The van der Waals surface area contributed by atoms with Crippen molar-refractivity contribution in [3.63, 3.8) is 0 Å². The van der Waals surface area contributed by atoms with Crippen LogP contribution >= 0.6 is 0 Å². The van der Waals surface area contributed by atoms with Crippen LogP contribution in [0.3, 0.4) is 0 Å². The van der Waals surface area contributed by atoms with Crippen molar-refractivity contribution in [1.29, 1.82) is 0 Å². The number of phenolic OH excluding ortho intramolecular Hbond substituents is 1. The van der Waals surface area contributed by atoms with Crippen LogP contribution in [0.2, 0.25) is 0 Å². The van der Waals surface area contributed by atoms with Gasteiger partial charge in [0.15, 0.2) is 0 Å². The lowest BCUT2D eigenvalue weighted by Crippen LogP contribution is -2.47. The van der Waals surface area contributed by atoms with E-state index in [0.717, 1.165) is 27.5 Å². The lowest BCUT2D eigenvalue weighted by atomic mass is 9.95. The highest BCUT2D eigenvalue weighted by Gasteiger charge is 2.35. The molecule has 0 radical (unpaired) electrons. The molecule has 5 rings (SSSR count). The number of methoxy groups -OCH3 is 1. The summed E-state index contributed by atoms with van der Waals surface area (Å²) >= 11 is 0. The van der Waals surface area contributed by atoms with Crippen LogP contribution in [0.5, 0.6) is 5.75 Å². The van der Waals surface area contributed by atoms with E-state index in [9.17, 15) is 24.3 Å². The molecule has 0 bridgehead atoms. The number of anilines is 1. The molecule has 2 atom stereocenters. The van der Waals surface area contributed by atoms with Crippen LogP contribution in [0.4, 0.5) is 10.6 Å². The van der Waals surface area contributed by atoms with E-state index in [1.165, 1.54) is 12.0 Å². The minimum absolute atomic E-state index is 0.0854. The van der Waals surface area contributed by atoms with Crippen LogP contribution in [-0.4, -0.2) is 70.7 Å². The van der Waals surface area contributed by atoms with E-state index in [1.807, 2.05) is 67.6 Å². The normalized spacial score (nSPS) is 14.9. The van der Waals surface area contributed by atoms with Gasteiger partial charge >= 0.3 is 12.1 Å². The highest BCUT2D eigenvalue weighted by atomic mass is 16.6. The number of hydrogen-bond donors (Lipinski definition) is 2. The molecule has 3 amide bonds. The van der Waals surface area contributed by atoms with Crippen molar-refractivity contribution >= 4 is 40.5 Å². The van der Waals surface area contributed by atoms with Crippen LogP contribution in [0.25, 0.3) is 21.9 Å². The molecule has 2 N–H and O–H groups in total. The fourth-order valence-electron chi connectivity index (χ4n) is 6.35. The molecule has 3 aromatic carbocycles. The molecule has 1 aromatic heterocycles. The first kappa shape index (κ1) is 36.8. The van der Waals surface area contributed by atoms with Crippen molar-refractivity contribution in [3.8, 4) is 16.9 Å². The number of carbonyl (C=O) groups is 4. The molecule has 0 aliphatic carbocycles. The minimum atomic E-state index is -0.708. The number of aryl methyl sites for hydroxylation is 1. The summed E-state index contributed by atoms with van der Waals surface area (Å²) in [4.78, 5) is 60.2. The van der Waals surface area contributed by atoms with Gasteiger partial charge in [-0.25, -0.2) is 9.78 Å². The number of amides is 3. The number of likely N-dealkylation sites (tertiary alicyclic amines) is 1. The second-order valence-electron chi connectivity index (χ2n) is 13.8. The zero-order valence-electron chi connectivity index (χ0n) is 29.8. The van der Waals surface area contributed by atoms with Crippen molar-refractivity contribution in [2.75, 3.05) is 25.1 Å². The Balaban J connectivity index is 1.26. The number of rotatable bonds is 11. The average molecular weight is 695 g/mol. The molecule has 1 fully saturated rings. The number of aromatic nitrogens is 1. The summed E-state index contributed by atoms with van der Waals surface area (Å²) in [6.07, 6.45) is 2.61. The van der Waals surface area contributed by atoms with Crippen molar-refractivity contribution in [1.82, 2.24) is 15.2 Å². The predicted molar refractivity (Wildman–Crippen MR) is 195 cm³/mol. The first-order valence-corrected chi connectivity index (χ1v) is 17.3. The quantitative estimate of drug-likeness (QED) is 0.163. The Morgan fingerprint density at radius 2 is 1.75 bits per heavy atom. The Hall–Kier alpha value is -5.45. The smallest absolute Gasteiger partial charge is 0.416 e. The third-order valence-corrected chi connectivity index (χ3v) is 8.88. The van der Waals surface area contributed by atoms with Crippen LogP contribution in [0.1, 0.15) is 70.0 Å². The van der Waals surface area contributed by atoms with Gasteiger partial charge in [0.1, 0.15) is 23.2 Å². The molecule has 11 heteroatoms. The van der Waals surface area contributed by atoms with E-state index in [0.29, 0.717) is 37.2 Å². The second kappa shape index (κ2) is 16.1. The Labute approximate surface area is 298 Å². The molecule has 268 valence electrons. The number of carbonyl (C=O) groups excluding carboxylic acids is 4. The molecule has 51 heavy (non-hydrogen) atoms. The summed E-state index contributed by atoms with van der Waals surface area (Å²) in [5.41, 5.74) is 2.79. The Kier molecular flexibility index (Phi) is 11.6. The maximum atomic E-state index is 13.7. The van der Waals surface area contributed by atoms with Crippen molar-refractivity contribution in [2.24, 2.45) is 0 Å². The number of fused-ring (bicyclic) bond motifs is 1. The highest BCUT2D eigenvalue weighted by molar-refractivity contribution is 6.00. The van der Waals surface area contributed by atoms with Gasteiger partial charge in [-0.05, 0) is 92.8 Å². The van der Waals surface area contributed by atoms with Crippen LogP contribution in [-0.2, 0) is 23.9 Å². The van der Waals surface area contributed by atoms with Gasteiger partial charge in [-0.2, -0.15) is 0 Å². The zero-order valence-corrected chi connectivity index (χ0v) is 29.8. The number of benzene rings is 3. The number of aromatic hydroxyl groups is 1. The summed E-state index contributed by atoms with van der Waals surface area (Å²) in [5.74, 6) is -0.373. The molecular weight excluding hydrogens is 648 g/mol. The second-order valence-corrected chi connectivity index (χ2v) is 13.8. The van der Waals surface area contributed by atoms with Crippen LogP contribution < -0.4 is 10.2 Å². The third-order valence-electron chi connectivity index (χ3n) is 8.88. The van der Waals surface area contributed by atoms with E-state index in [-0.39, 0.29) is 37.0 Å². The minimum Gasteiger partial charge on any atom is -0.507 e. The lowest BCUT2D eigenvalue weighted by molar-refractivity contribution is -0.142. The number of nitrogens with one attached hydrogen (secondary N) is 1. The zero-order chi connectivity index (χ0) is 36.7. The highest BCUT2D eigenvalue weighted by Crippen LogP contribution is 2.34. The molecule has 0 unspecified atom stereocenters. The Bertz CT molecular complexity index is 1890. The molecule has 1 saturated heterocycles. The van der Waals surface area contributed by atoms with Crippen LogP contribution in [0, 0.1) is 6.92 Å². The van der Waals surface area contributed by atoms with Crippen molar-refractivity contribution in [3.05, 3.63) is 90.1 Å². The monoisotopic (exact) mass is 694 g/mol. The molecule has 0 spiro atoms. The fourth-order valence-corrected chi connectivity index (χ4v) is 6.35.